The molecule has 1 aromatic heterocycles. The van der Waals surface area contributed by atoms with Gasteiger partial charge in [0.1, 0.15) is 5.75 Å². The first-order valence-corrected chi connectivity index (χ1v) is 10.7. The van der Waals surface area contributed by atoms with Gasteiger partial charge in [0.05, 0.1) is 12.0 Å². The van der Waals surface area contributed by atoms with Crippen molar-refractivity contribution in [2.75, 3.05) is 11.8 Å². The summed E-state index contributed by atoms with van der Waals surface area (Å²) in [4.78, 5) is 36.0. The largest absolute Gasteiger partial charge is 0.497 e. The standard InChI is InChI=1S/C21H20N4O6S/c1-25-11-10-15(13-19(25)26)21(28)23-22-20(27)14-4-3-5-18(12-14)32(29,30)24-16-6-8-17(31-2)9-7-16/h3-13,24H,1-2H3,(H,22,27)(H,23,28). The molecule has 0 aliphatic carbocycles. The molecule has 0 saturated carbocycles. The Hall–Kier alpha value is -4.12. The predicted molar refractivity (Wildman–Crippen MR) is 117 cm³/mol. The van der Waals surface area contributed by atoms with Crippen molar-refractivity contribution < 1.29 is 22.7 Å². The molecule has 166 valence electrons. The van der Waals surface area contributed by atoms with Crippen molar-refractivity contribution in [1.82, 2.24) is 15.4 Å². The fourth-order valence-electron chi connectivity index (χ4n) is 2.63. The van der Waals surface area contributed by atoms with Crippen LogP contribution in [0.15, 0.2) is 76.6 Å². The van der Waals surface area contributed by atoms with Crippen LogP contribution < -0.4 is 25.9 Å². The number of carbonyl (C=O) groups excluding carboxylic acids is 2. The Kier molecular flexibility index (Phi) is 6.59. The Morgan fingerprint density at radius 3 is 2.12 bits per heavy atom. The smallest absolute Gasteiger partial charge is 0.269 e. The number of sulfonamides is 1. The van der Waals surface area contributed by atoms with Crippen molar-refractivity contribution in [1.29, 1.82) is 0 Å². The number of nitrogens with one attached hydrogen (secondary N) is 3. The average molecular weight is 456 g/mol. The highest BCUT2D eigenvalue weighted by Gasteiger charge is 2.17. The molecule has 0 saturated heterocycles. The monoisotopic (exact) mass is 456 g/mol. The fourth-order valence-corrected chi connectivity index (χ4v) is 3.73. The van der Waals surface area contributed by atoms with E-state index in [0.717, 1.165) is 6.07 Å². The van der Waals surface area contributed by atoms with E-state index in [9.17, 15) is 22.8 Å². The Morgan fingerprint density at radius 1 is 0.906 bits per heavy atom. The molecule has 0 unspecified atom stereocenters. The molecule has 0 spiro atoms. The number of methoxy groups -OCH3 is 1. The number of aryl methyl sites for hydroxylation is 1. The van der Waals surface area contributed by atoms with Gasteiger partial charge in [-0.25, -0.2) is 8.42 Å². The van der Waals surface area contributed by atoms with E-state index in [1.807, 2.05) is 0 Å². The fraction of sp³-hybridized carbons (Fsp3) is 0.0952. The first kappa shape index (κ1) is 22.6. The van der Waals surface area contributed by atoms with Crippen molar-refractivity contribution in [2.24, 2.45) is 7.05 Å². The summed E-state index contributed by atoms with van der Waals surface area (Å²) in [5.41, 5.74) is 4.39. The summed E-state index contributed by atoms with van der Waals surface area (Å²) in [5, 5.41) is 0. The third-order valence-corrected chi connectivity index (χ3v) is 5.78. The highest BCUT2D eigenvalue weighted by atomic mass is 32.2. The van der Waals surface area contributed by atoms with Gasteiger partial charge in [0, 0.05) is 36.1 Å². The molecule has 3 N–H and O–H groups in total. The van der Waals surface area contributed by atoms with Crippen LogP contribution in [0.5, 0.6) is 5.75 Å². The number of hydrogen-bond donors (Lipinski definition) is 3. The second kappa shape index (κ2) is 9.35. The van der Waals surface area contributed by atoms with Crippen molar-refractivity contribution in [3.63, 3.8) is 0 Å². The quantitative estimate of drug-likeness (QED) is 0.478. The van der Waals surface area contributed by atoms with E-state index in [2.05, 4.69) is 15.6 Å². The molecule has 0 aliphatic rings. The zero-order chi connectivity index (χ0) is 23.3. The van der Waals surface area contributed by atoms with Crippen LogP contribution in [0.2, 0.25) is 0 Å². The minimum absolute atomic E-state index is 0.00637. The summed E-state index contributed by atoms with van der Waals surface area (Å²) in [7, 11) is -0.930. The number of pyridine rings is 1. The normalized spacial score (nSPS) is 10.8. The van der Waals surface area contributed by atoms with Gasteiger partial charge in [-0.15, -0.1) is 0 Å². The lowest BCUT2D eigenvalue weighted by molar-refractivity contribution is 0.0846. The van der Waals surface area contributed by atoms with Crippen molar-refractivity contribution in [3.8, 4) is 5.75 Å². The highest BCUT2D eigenvalue weighted by molar-refractivity contribution is 7.92. The average Bonchev–Trinajstić information content (AvgIpc) is 2.79. The van der Waals surface area contributed by atoms with E-state index in [0.29, 0.717) is 11.4 Å². The number of carbonyl (C=O) groups is 2. The third-order valence-electron chi connectivity index (χ3n) is 4.40. The molecular weight excluding hydrogens is 436 g/mol. The van der Waals surface area contributed by atoms with E-state index in [1.54, 1.807) is 24.3 Å². The lowest BCUT2D eigenvalue weighted by atomic mass is 10.2. The molecule has 3 rings (SSSR count). The SMILES string of the molecule is COc1ccc(NS(=O)(=O)c2cccc(C(=O)NNC(=O)c3ccn(C)c(=O)c3)c2)cc1. The first-order valence-electron chi connectivity index (χ1n) is 9.24. The molecule has 32 heavy (non-hydrogen) atoms. The van der Waals surface area contributed by atoms with Gasteiger partial charge in [-0.3, -0.25) is 30.0 Å². The summed E-state index contributed by atoms with van der Waals surface area (Å²) < 4.78 is 34.1. The minimum atomic E-state index is -3.97. The van der Waals surface area contributed by atoms with E-state index in [1.165, 1.54) is 55.3 Å². The number of anilines is 1. The number of hydrazine groups is 1. The van der Waals surface area contributed by atoms with Crippen LogP contribution in [0.4, 0.5) is 5.69 Å². The topological polar surface area (TPSA) is 136 Å². The van der Waals surface area contributed by atoms with Gasteiger partial charge in [0.25, 0.3) is 27.4 Å². The predicted octanol–water partition coefficient (Wildman–Crippen LogP) is 1.27. The second-order valence-corrected chi connectivity index (χ2v) is 8.32. The van der Waals surface area contributed by atoms with Gasteiger partial charge < -0.3 is 9.30 Å². The van der Waals surface area contributed by atoms with E-state index in [4.69, 9.17) is 4.74 Å². The van der Waals surface area contributed by atoms with Crippen molar-refractivity contribution >= 4 is 27.5 Å². The maximum atomic E-state index is 12.7. The number of rotatable bonds is 6. The number of nitrogens with zero attached hydrogens (tertiary/aromatic N) is 1. The van der Waals surface area contributed by atoms with Crippen molar-refractivity contribution in [3.05, 3.63) is 88.3 Å². The summed E-state index contributed by atoms with van der Waals surface area (Å²) in [6, 6.07) is 14.1. The van der Waals surface area contributed by atoms with E-state index >= 15 is 0 Å². The zero-order valence-corrected chi connectivity index (χ0v) is 18.0. The number of amides is 2. The molecule has 0 radical (unpaired) electrons. The van der Waals surface area contributed by atoms with Crippen molar-refractivity contribution in [2.45, 2.75) is 4.90 Å². The van der Waals surface area contributed by atoms with Crippen LogP contribution in [0.3, 0.4) is 0 Å². The number of ether oxygens (including phenoxy) is 1. The van der Waals surface area contributed by atoms with E-state index in [-0.39, 0.29) is 21.6 Å². The van der Waals surface area contributed by atoms with Gasteiger partial charge in [-0.2, -0.15) is 0 Å². The lowest BCUT2D eigenvalue weighted by Gasteiger charge is -2.11. The molecule has 1 heterocycles. The van der Waals surface area contributed by atoms with Crippen LogP contribution in [0.1, 0.15) is 20.7 Å². The highest BCUT2D eigenvalue weighted by Crippen LogP contribution is 2.20. The molecule has 0 fully saturated rings. The molecule has 0 bridgehead atoms. The summed E-state index contributed by atoms with van der Waals surface area (Å²) in [6.45, 7) is 0. The molecule has 2 amide bonds. The minimum Gasteiger partial charge on any atom is -0.497 e. The summed E-state index contributed by atoms with van der Waals surface area (Å²) in [6.07, 6.45) is 1.42. The molecule has 0 aliphatic heterocycles. The Morgan fingerprint density at radius 2 is 1.53 bits per heavy atom. The molecule has 11 heteroatoms. The van der Waals surface area contributed by atoms with Gasteiger partial charge in [-0.05, 0) is 48.5 Å². The van der Waals surface area contributed by atoms with Crippen LogP contribution in [-0.4, -0.2) is 31.9 Å². The maximum absolute atomic E-state index is 12.7. The third kappa shape index (κ3) is 5.32. The molecule has 3 aromatic rings. The number of hydrogen-bond acceptors (Lipinski definition) is 6. The summed E-state index contributed by atoms with van der Waals surface area (Å²) in [5.74, 6) is -0.853. The van der Waals surface area contributed by atoms with Gasteiger partial charge in [0.15, 0.2) is 0 Å². The number of aromatic nitrogens is 1. The Balaban J connectivity index is 1.69. The zero-order valence-electron chi connectivity index (χ0n) is 17.2. The Labute approximate surface area is 183 Å². The van der Waals surface area contributed by atoms with Gasteiger partial charge in [-0.1, -0.05) is 6.07 Å². The van der Waals surface area contributed by atoms with Crippen LogP contribution in [0.25, 0.3) is 0 Å². The number of benzene rings is 2. The molecule has 2 aromatic carbocycles. The van der Waals surface area contributed by atoms with Crippen LogP contribution >= 0.6 is 0 Å². The molecule has 0 atom stereocenters. The van der Waals surface area contributed by atoms with E-state index < -0.39 is 21.8 Å². The maximum Gasteiger partial charge on any atom is 0.269 e. The lowest BCUT2D eigenvalue weighted by Crippen LogP contribution is -2.42. The van der Waals surface area contributed by atoms with Gasteiger partial charge in [0.2, 0.25) is 0 Å². The van der Waals surface area contributed by atoms with Crippen LogP contribution in [-0.2, 0) is 17.1 Å². The second-order valence-electron chi connectivity index (χ2n) is 6.63. The van der Waals surface area contributed by atoms with Crippen LogP contribution in [0, 0.1) is 0 Å². The Bertz CT molecular complexity index is 1320. The summed E-state index contributed by atoms with van der Waals surface area (Å²) >= 11 is 0. The van der Waals surface area contributed by atoms with Gasteiger partial charge >= 0.3 is 0 Å². The molecule has 10 nitrogen and oxygen atoms in total. The first-order chi connectivity index (χ1) is 15.2. The molecular formula is C21H20N4O6S.